The van der Waals surface area contributed by atoms with Crippen LogP contribution in [0.4, 0.5) is 4.39 Å². The molecule has 1 saturated heterocycles. The molecule has 8 heteroatoms. The maximum Gasteiger partial charge on any atom is 0.253 e. The highest BCUT2D eigenvalue weighted by Crippen LogP contribution is 2.42. The lowest BCUT2D eigenvalue weighted by atomic mass is 10.0. The van der Waals surface area contributed by atoms with E-state index in [9.17, 15) is 9.18 Å². The lowest BCUT2D eigenvalue weighted by molar-refractivity contribution is -0.148. The number of hydrogen-bond donors (Lipinski definition) is 3. The fourth-order valence-corrected chi connectivity index (χ4v) is 5.43. The molecule has 1 aliphatic carbocycles. The van der Waals surface area contributed by atoms with Gasteiger partial charge in [-0.25, -0.2) is 9.87 Å². The first-order valence-corrected chi connectivity index (χ1v) is 11.8. The van der Waals surface area contributed by atoms with Crippen molar-refractivity contribution in [2.24, 2.45) is 0 Å². The summed E-state index contributed by atoms with van der Waals surface area (Å²) in [5, 5.41) is 12.2. The molecular weight excluding hydrogens is 417 g/mol. The monoisotopic (exact) mass is 447 g/mol. The van der Waals surface area contributed by atoms with E-state index >= 15 is 0 Å². The van der Waals surface area contributed by atoms with Gasteiger partial charge in [-0.15, -0.1) is 11.3 Å². The summed E-state index contributed by atoms with van der Waals surface area (Å²) in [6, 6.07) is 9.06. The molecule has 0 spiro atoms. The van der Waals surface area contributed by atoms with E-state index in [4.69, 9.17) is 9.94 Å². The quantitative estimate of drug-likeness (QED) is 0.405. The highest BCUT2D eigenvalue weighted by Gasteiger charge is 2.40. The molecule has 4 rings (SSSR count). The Morgan fingerprint density at radius 2 is 2.23 bits per heavy atom. The Morgan fingerprint density at radius 1 is 1.42 bits per heavy atom. The van der Waals surface area contributed by atoms with E-state index < -0.39 is 6.10 Å². The van der Waals surface area contributed by atoms with E-state index in [-0.39, 0.29) is 23.8 Å². The van der Waals surface area contributed by atoms with Crippen LogP contribution in [-0.2, 0) is 16.0 Å². The normalized spacial score (nSPS) is 19.9. The third-order valence-electron chi connectivity index (χ3n) is 5.91. The van der Waals surface area contributed by atoms with Gasteiger partial charge in [-0.2, -0.15) is 0 Å². The summed E-state index contributed by atoms with van der Waals surface area (Å²) < 4.78 is 20.3. The van der Waals surface area contributed by atoms with E-state index in [0.29, 0.717) is 31.7 Å². The van der Waals surface area contributed by atoms with Gasteiger partial charge in [0.15, 0.2) is 0 Å². The molecule has 1 amide bonds. The van der Waals surface area contributed by atoms with Crippen molar-refractivity contribution in [3.8, 4) is 10.4 Å². The molecule has 2 aliphatic rings. The summed E-state index contributed by atoms with van der Waals surface area (Å²) >= 11 is 1.56. The van der Waals surface area contributed by atoms with Gasteiger partial charge in [-0.05, 0) is 50.3 Å². The number of hydrogen-bond acceptors (Lipinski definition) is 6. The van der Waals surface area contributed by atoms with E-state index in [1.807, 2.05) is 11.0 Å². The Morgan fingerprint density at radius 3 is 2.90 bits per heavy atom. The average Bonchev–Trinajstić information content (AvgIpc) is 3.53. The Bertz CT molecular complexity index is 896. The second-order valence-corrected chi connectivity index (χ2v) is 9.29. The van der Waals surface area contributed by atoms with Crippen molar-refractivity contribution < 1.29 is 19.1 Å². The van der Waals surface area contributed by atoms with Crippen LogP contribution in [0.2, 0.25) is 0 Å². The lowest BCUT2D eigenvalue weighted by Gasteiger charge is -2.33. The number of morpholine rings is 1. The van der Waals surface area contributed by atoms with Crippen molar-refractivity contribution >= 4 is 17.2 Å². The van der Waals surface area contributed by atoms with Crippen LogP contribution in [-0.4, -0.2) is 54.4 Å². The second-order valence-electron chi connectivity index (χ2n) is 8.21. The first-order chi connectivity index (χ1) is 15.1. The van der Waals surface area contributed by atoms with Crippen molar-refractivity contribution in [2.45, 2.75) is 50.8 Å². The number of carbonyl (C=O) groups excluding carboxylic acids is 1. The molecule has 2 aromatic rings. The molecule has 31 heavy (non-hydrogen) atoms. The molecule has 1 aromatic carbocycles. The molecule has 0 radical (unpaired) electrons. The highest BCUT2D eigenvalue weighted by molar-refractivity contribution is 7.15. The second kappa shape index (κ2) is 10.2. The average molecular weight is 448 g/mol. The number of nitrogens with zero attached hydrogens (tertiary/aromatic N) is 1. The highest BCUT2D eigenvalue weighted by atomic mass is 32.1. The summed E-state index contributed by atoms with van der Waals surface area (Å²) in [5.74, 6) is -0.212. The van der Waals surface area contributed by atoms with Gasteiger partial charge in [-0.3, -0.25) is 4.79 Å². The molecule has 0 unspecified atom stereocenters. The molecule has 1 aliphatic heterocycles. The molecule has 2 atom stereocenters. The first-order valence-electron chi connectivity index (χ1n) is 11.0. The predicted octanol–water partition coefficient (Wildman–Crippen LogP) is 3.51. The van der Waals surface area contributed by atoms with Crippen LogP contribution in [0.25, 0.3) is 10.4 Å². The Balaban J connectivity index is 1.63. The zero-order valence-corrected chi connectivity index (χ0v) is 18.6. The SMILES string of the molecule is C[C@H](c1cc(CCCNO)c(-c2ccccc2F)s1)N(C(=O)[C@H]1CNCCO1)C1CC1. The Labute approximate surface area is 186 Å². The molecule has 1 saturated carbocycles. The maximum absolute atomic E-state index is 14.6. The smallest absolute Gasteiger partial charge is 0.253 e. The van der Waals surface area contributed by atoms with E-state index in [1.54, 1.807) is 23.5 Å². The van der Waals surface area contributed by atoms with Gasteiger partial charge < -0.3 is 20.2 Å². The molecule has 6 nitrogen and oxygen atoms in total. The standard InChI is InChI=1S/C23H30FN3O3S/c1-15(27(17-8-9-17)23(28)20-14-25-11-12-30-20)21-13-16(5-4-10-26-29)22(31-21)18-6-2-3-7-19(18)24/h2-3,6-7,13,15,17,20,25-26,29H,4-5,8-12,14H2,1H3/t15-,20-/m1/s1. The third-order valence-corrected chi connectivity index (χ3v) is 7.29. The van der Waals surface area contributed by atoms with Gasteiger partial charge in [0.2, 0.25) is 0 Å². The van der Waals surface area contributed by atoms with Crippen LogP contribution >= 0.6 is 11.3 Å². The van der Waals surface area contributed by atoms with Gasteiger partial charge >= 0.3 is 0 Å². The van der Waals surface area contributed by atoms with Crippen LogP contribution in [0.3, 0.4) is 0 Å². The van der Waals surface area contributed by atoms with E-state index in [1.165, 1.54) is 6.07 Å². The van der Waals surface area contributed by atoms with Gasteiger partial charge in [-0.1, -0.05) is 18.2 Å². The molecular formula is C23H30FN3O3S. The van der Waals surface area contributed by atoms with Gasteiger partial charge in [0, 0.05) is 41.0 Å². The Hall–Kier alpha value is -1.84. The Kier molecular flexibility index (Phi) is 7.35. The number of aryl methyl sites for hydroxylation is 1. The number of rotatable bonds is 9. The number of amides is 1. The summed E-state index contributed by atoms with van der Waals surface area (Å²) in [6.07, 6.45) is 3.02. The van der Waals surface area contributed by atoms with Crippen LogP contribution in [0.5, 0.6) is 0 Å². The summed E-state index contributed by atoms with van der Waals surface area (Å²) in [6.45, 7) is 4.38. The number of ether oxygens (including phenoxy) is 1. The zero-order valence-electron chi connectivity index (χ0n) is 17.8. The first kappa shape index (κ1) is 22.4. The topological polar surface area (TPSA) is 73.8 Å². The number of hydroxylamine groups is 1. The third kappa shape index (κ3) is 5.15. The molecule has 2 fully saturated rings. The predicted molar refractivity (Wildman–Crippen MR) is 119 cm³/mol. The number of carbonyl (C=O) groups is 1. The van der Waals surface area contributed by atoms with E-state index in [0.717, 1.165) is 41.1 Å². The number of thiophene rings is 1. The minimum Gasteiger partial charge on any atom is -0.366 e. The molecule has 0 bridgehead atoms. The number of benzene rings is 1. The molecule has 1 aromatic heterocycles. The van der Waals surface area contributed by atoms with Crippen molar-refractivity contribution in [2.75, 3.05) is 26.2 Å². The van der Waals surface area contributed by atoms with Crippen LogP contribution in [0.15, 0.2) is 30.3 Å². The van der Waals surface area contributed by atoms with Crippen molar-refractivity contribution in [3.05, 3.63) is 46.6 Å². The van der Waals surface area contributed by atoms with Gasteiger partial charge in [0.05, 0.1) is 12.6 Å². The van der Waals surface area contributed by atoms with Crippen LogP contribution in [0.1, 0.15) is 42.7 Å². The lowest BCUT2D eigenvalue weighted by Crippen LogP contribution is -2.50. The number of halogens is 1. The van der Waals surface area contributed by atoms with Gasteiger partial charge in [0.25, 0.3) is 5.91 Å². The van der Waals surface area contributed by atoms with Crippen molar-refractivity contribution in [1.82, 2.24) is 15.7 Å². The molecule has 3 N–H and O–H groups in total. The molecule has 2 heterocycles. The summed E-state index contributed by atoms with van der Waals surface area (Å²) in [4.78, 5) is 17.2. The van der Waals surface area contributed by atoms with Crippen LogP contribution < -0.4 is 10.8 Å². The molecule has 168 valence electrons. The summed E-state index contributed by atoms with van der Waals surface area (Å²) in [7, 11) is 0. The van der Waals surface area contributed by atoms with E-state index in [2.05, 4.69) is 23.8 Å². The minimum atomic E-state index is -0.446. The fourth-order valence-electron chi connectivity index (χ4n) is 4.14. The van der Waals surface area contributed by atoms with Crippen molar-refractivity contribution in [1.29, 1.82) is 0 Å². The fraction of sp³-hybridized carbons (Fsp3) is 0.522. The van der Waals surface area contributed by atoms with Crippen molar-refractivity contribution in [3.63, 3.8) is 0 Å². The van der Waals surface area contributed by atoms with Crippen LogP contribution in [0, 0.1) is 5.82 Å². The zero-order chi connectivity index (χ0) is 21.8. The van der Waals surface area contributed by atoms with Gasteiger partial charge in [0.1, 0.15) is 11.9 Å². The minimum absolute atomic E-state index is 0.0362. The summed E-state index contributed by atoms with van der Waals surface area (Å²) in [5.41, 5.74) is 3.82. The maximum atomic E-state index is 14.6. The largest absolute Gasteiger partial charge is 0.366 e. The number of nitrogens with one attached hydrogen (secondary N) is 2.